The van der Waals surface area contributed by atoms with Gasteiger partial charge >= 0.3 is 0 Å². The number of carbonyl (C=O) groups excluding carboxylic acids is 1. The van der Waals surface area contributed by atoms with E-state index >= 15 is 0 Å². The zero-order chi connectivity index (χ0) is 26.7. The van der Waals surface area contributed by atoms with Crippen LogP contribution in [-0.2, 0) is 13.0 Å². The Labute approximate surface area is 227 Å². The molecule has 3 aromatic rings. The Morgan fingerprint density at radius 3 is 2.39 bits per heavy atom. The lowest BCUT2D eigenvalue weighted by atomic mass is 9.92. The Hall–Kier alpha value is -3.22. The van der Waals surface area contributed by atoms with Gasteiger partial charge in [0.1, 0.15) is 11.4 Å². The van der Waals surface area contributed by atoms with Gasteiger partial charge in [0, 0.05) is 75.8 Å². The zero-order valence-corrected chi connectivity index (χ0v) is 23.2. The monoisotopic (exact) mass is 512 g/mol. The van der Waals surface area contributed by atoms with Crippen LogP contribution < -0.4 is 4.74 Å². The lowest BCUT2D eigenvalue weighted by molar-refractivity contribution is 0.0772. The number of aromatic nitrogens is 1. The molecule has 1 fully saturated rings. The summed E-state index contributed by atoms with van der Waals surface area (Å²) < 4.78 is 6.54. The van der Waals surface area contributed by atoms with Gasteiger partial charge in [-0.15, -0.1) is 0 Å². The number of amides is 1. The van der Waals surface area contributed by atoms with Gasteiger partial charge in [-0.05, 0) is 62.6 Å². The molecule has 1 amide bonds. The summed E-state index contributed by atoms with van der Waals surface area (Å²) in [7, 11) is 0. The first-order valence-electron chi connectivity index (χ1n) is 13.9. The van der Waals surface area contributed by atoms with Crippen LogP contribution in [0.4, 0.5) is 0 Å². The highest BCUT2D eigenvalue weighted by atomic mass is 16.5. The first kappa shape index (κ1) is 26.4. The molecular weight excluding hydrogens is 472 g/mol. The number of benzene rings is 2. The maximum absolute atomic E-state index is 13.0. The number of hydrogen-bond acceptors (Lipinski definition) is 5. The molecule has 0 saturated carbocycles. The first-order valence-corrected chi connectivity index (χ1v) is 13.9. The minimum atomic E-state index is -0.203. The van der Waals surface area contributed by atoms with Crippen LogP contribution >= 0.6 is 0 Å². The van der Waals surface area contributed by atoms with Crippen molar-refractivity contribution in [2.45, 2.75) is 52.3 Å². The average Bonchev–Trinajstić information content (AvgIpc) is 3.26. The summed E-state index contributed by atoms with van der Waals surface area (Å²) in [5.41, 5.74) is 5.49. The van der Waals surface area contributed by atoms with Crippen LogP contribution in [0.1, 0.15) is 66.3 Å². The summed E-state index contributed by atoms with van der Waals surface area (Å²) in [6.07, 6.45) is 4.70. The summed E-state index contributed by atoms with van der Waals surface area (Å²) in [5.74, 6) is 1.12. The van der Waals surface area contributed by atoms with Gasteiger partial charge < -0.3 is 9.64 Å². The van der Waals surface area contributed by atoms with Gasteiger partial charge in [0.05, 0.1) is 6.04 Å². The lowest BCUT2D eigenvalue weighted by Crippen LogP contribution is -2.47. The second-order valence-electron chi connectivity index (χ2n) is 11.0. The number of para-hydroxylation sites is 1. The van der Waals surface area contributed by atoms with Gasteiger partial charge in [0.25, 0.3) is 5.91 Å². The number of hydrogen-bond donors (Lipinski definition) is 0. The van der Waals surface area contributed by atoms with Crippen LogP contribution in [0, 0.1) is 0 Å². The van der Waals surface area contributed by atoms with E-state index in [0.717, 1.165) is 50.5 Å². The third-order valence-corrected chi connectivity index (χ3v) is 7.84. The molecule has 0 N–H and O–H groups in total. The van der Waals surface area contributed by atoms with E-state index in [1.165, 1.54) is 22.3 Å². The number of pyridine rings is 1. The molecule has 1 unspecified atom stereocenters. The maximum atomic E-state index is 13.0. The van der Waals surface area contributed by atoms with Crippen LogP contribution in [0.3, 0.4) is 0 Å². The zero-order valence-electron chi connectivity index (χ0n) is 23.2. The van der Waals surface area contributed by atoms with E-state index in [-0.39, 0.29) is 17.6 Å². The standard InChI is InChI=1S/C32H40N4O2/c1-5-35(6-2)31(37)26-14-12-25(13-15-26)29(28-11-7-10-27-21-32(3,4)38-30(27)28)36-19-17-34(18-20-36)23-24-9-8-16-33-22-24/h7-16,22,29H,5-6,17-21,23H2,1-4H3. The Kier molecular flexibility index (Phi) is 7.82. The number of ether oxygens (including phenoxy) is 1. The summed E-state index contributed by atoms with van der Waals surface area (Å²) >= 11 is 0. The summed E-state index contributed by atoms with van der Waals surface area (Å²) in [6, 6.07) is 19.1. The lowest BCUT2D eigenvalue weighted by Gasteiger charge is -2.40. The van der Waals surface area contributed by atoms with Crippen LogP contribution in [0.25, 0.3) is 0 Å². The summed E-state index contributed by atoms with van der Waals surface area (Å²) in [6.45, 7) is 14.6. The van der Waals surface area contributed by atoms with Crippen molar-refractivity contribution in [3.05, 3.63) is 94.8 Å². The number of rotatable bonds is 8. The molecule has 1 atom stereocenters. The molecule has 0 spiro atoms. The number of piperazine rings is 1. The molecule has 0 aliphatic carbocycles. The Balaban J connectivity index is 1.43. The third kappa shape index (κ3) is 5.62. The van der Waals surface area contributed by atoms with Crippen molar-refractivity contribution in [2.24, 2.45) is 0 Å². The average molecular weight is 513 g/mol. The van der Waals surface area contributed by atoms with E-state index < -0.39 is 0 Å². The fourth-order valence-electron chi connectivity index (χ4n) is 5.87. The van der Waals surface area contributed by atoms with Crippen LogP contribution in [0.15, 0.2) is 67.0 Å². The Morgan fingerprint density at radius 2 is 1.74 bits per heavy atom. The van der Waals surface area contributed by atoms with Gasteiger partial charge in [0.2, 0.25) is 0 Å². The highest BCUT2D eigenvalue weighted by molar-refractivity contribution is 5.94. The smallest absolute Gasteiger partial charge is 0.253 e. The van der Waals surface area contributed by atoms with E-state index in [2.05, 4.69) is 65.0 Å². The largest absolute Gasteiger partial charge is 0.487 e. The van der Waals surface area contributed by atoms with Crippen molar-refractivity contribution in [1.82, 2.24) is 19.7 Å². The van der Waals surface area contributed by atoms with Crippen molar-refractivity contribution in [3.8, 4) is 5.75 Å². The van der Waals surface area contributed by atoms with Crippen molar-refractivity contribution >= 4 is 5.91 Å². The molecule has 3 heterocycles. The molecule has 38 heavy (non-hydrogen) atoms. The number of nitrogens with zero attached hydrogens (tertiary/aromatic N) is 4. The fraction of sp³-hybridized carbons (Fsp3) is 0.438. The van der Waals surface area contributed by atoms with Gasteiger partial charge in [-0.1, -0.05) is 36.4 Å². The molecule has 6 heteroatoms. The van der Waals surface area contributed by atoms with E-state index in [4.69, 9.17) is 4.74 Å². The van der Waals surface area contributed by atoms with Gasteiger partial charge in [-0.3, -0.25) is 19.6 Å². The van der Waals surface area contributed by atoms with E-state index in [1.54, 1.807) is 0 Å². The predicted molar refractivity (Wildman–Crippen MR) is 151 cm³/mol. The van der Waals surface area contributed by atoms with Crippen LogP contribution in [0.2, 0.25) is 0 Å². The Bertz CT molecular complexity index is 1230. The second-order valence-corrected chi connectivity index (χ2v) is 11.0. The highest BCUT2D eigenvalue weighted by Crippen LogP contribution is 2.43. The quantitative estimate of drug-likeness (QED) is 0.416. The first-order chi connectivity index (χ1) is 18.4. The Morgan fingerprint density at radius 1 is 1.00 bits per heavy atom. The molecule has 2 aromatic carbocycles. The molecule has 0 radical (unpaired) electrons. The highest BCUT2D eigenvalue weighted by Gasteiger charge is 2.36. The molecule has 2 aliphatic heterocycles. The molecule has 200 valence electrons. The van der Waals surface area contributed by atoms with Crippen molar-refractivity contribution in [1.29, 1.82) is 0 Å². The fourth-order valence-corrected chi connectivity index (χ4v) is 5.87. The summed E-state index contributed by atoms with van der Waals surface area (Å²) in [5, 5.41) is 0. The van der Waals surface area contributed by atoms with Crippen molar-refractivity contribution in [3.63, 3.8) is 0 Å². The molecule has 2 aliphatic rings. The van der Waals surface area contributed by atoms with Gasteiger partial charge in [-0.2, -0.15) is 0 Å². The minimum Gasteiger partial charge on any atom is -0.487 e. The van der Waals surface area contributed by atoms with Crippen LogP contribution in [0.5, 0.6) is 5.75 Å². The van der Waals surface area contributed by atoms with E-state index in [9.17, 15) is 4.79 Å². The maximum Gasteiger partial charge on any atom is 0.253 e. The predicted octanol–water partition coefficient (Wildman–Crippen LogP) is 5.18. The SMILES string of the molecule is CCN(CC)C(=O)c1ccc(C(c2cccc3c2OC(C)(C)C3)N2CCN(Cc3cccnc3)CC2)cc1. The number of fused-ring (bicyclic) bond motifs is 1. The third-order valence-electron chi connectivity index (χ3n) is 7.84. The normalized spacial score (nSPS) is 18.0. The van der Waals surface area contributed by atoms with Crippen LogP contribution in [-0.4, -0.2) is 70.5 Å². The molecule has 6 nitrogen and oxygen atoms in total. The van der Waals surface area contributed by atoms with Crippen molar-refractivity contribution < 1.29 is 9.53 Å². The van der Waals surface area contributed by atoms with E-state index in [0.29, 0.717) is 13.1 Å². The molecule has 1 saturated heterocycles. The number of carbonyl (C=O) groups is 1. The molecular formula is C32H40N4O2. The molecule has 5 rings (SSSR count). The molecule has 0 bridgehead atoms. The van der Waals surface area contributed by atoms with Gasteiger partial charge in [-0.25, -0.2) is 0 Å². The topological polar surface area (TPSA) is 48.9 Å². The minimum absolute atomic E-state index is 0.0667. The summed E-state index contributed by atoms with van der Waals surface area (Å²) in [4.78, 5) is 24.2. The van der Waals surface area contributed by atoms with E-state index in [1.807, 2.05) is 49.3 Å². The van der Waals surface area contributed by atoms with Gasteiger partial charge in [0.15, 0.2) is 0 Å². The molecule has 1 aromatic heterocycles. The van der Waals surface area contributed by atoms with Crippen molar-refractivity contribution in [2.75, 3.05) is 39.3 Å². The second kappa shape index (κ2) is 11.3.